The van der Waals surface area contributed by atoms with E-state index in [1.165, 1.54) is 11.3 Å². The van der Waals surface area contributed by atoms with Crippen LogP contribution in [0, 0.1) is 0 Å². The molecule has 0 fully saturated rings. The van der Waals surface area contributed by atoms with Crippen LogP contribution in [0.15, 0.2) is 53.0 Å². The van der Waals surface area contributed by atoms with Crippen molar-refractivity contribution in [3.8, 4) is 22.9 Å². The van der Waals surface area contributed by atoms with Gasteiger partial charge in [0.05, 0.1) is 0 Å². The minimum atomic E-state index is -0.253. The van der Waals surface area contributed by atoms with Gasteiger partial charge in [0.2, 0.25) is 4.96 Å². The summed E-state index contributed by atoms with van der Waals surface area (Å²) in [5, 5.41) is 14.0. The quantitative estimate of drug-likeness (QED) is 0.493. The number of benzene rings is 2. The van der Waals surface area contributed by atoms with Crippen molar-refractivity contribution >= 4 is 32.2 Å². The van der Waals surface area contributed by atoms with Crippen molar-refractivity contribution in [3.63, 3.8) is 0 Å². The van der Waals surface area contributed by atoms with Gasteiger partial charge in [-0.25, -0.2) is 0 Å². The van der Waals surface area contributed by atoms with E-state index in [9.17, 15) is 0 Å². The molecule has 1 aliphatic rings. The molecule has 3 heterocycles. The van der Waals surface area contributed by atoms with Crippen LogP contribution in [0.4, 0.5) is 0 Å². The van der Waals surface area contributed by atoms with Crippen LogP contribution >= 0.6 is 27.3 Å². The molecule has 4 aromatic rings. The Kier molecular flexibility index (Phi) is 3.46. The predicted molar refractivity (Wildman–Crippen MR) is 97.1 cm³/mol. The smallest absolute Gasteiger partial charge is 0.235 e. The van der Waals surface area contributed by atoms with E-state index < -0.39 is 0 Å². The molecule has 0 radical (unpaired) electrons. The molecule has 25 heavy (non-hydrogen) atoms. The summed E-state index contributed by atoms with van der Waals surface area (Å²) >= 11 is 4.94. The molecule has 0 N–H and O–H groups in total. The Labute approximate surface area is 155 Å². The van der Waals surface area contributed by atoms with Gasteiger partial charge in [-0.1, -0.05) is 51.5 Å². The maximum absolute atomic E-state index is 6.04. The van der Waals surface area contributed by atoms with E-state index >= 15 is 0 Å². The molecule has 0 unspecified atom stereocenters. The minimum Gasteiger partial charge on any atom is -0.485 e. The van der Waals surface area contributed by atoms with Gasteiger partial charge in [0.15, 0.2) is 28.4 Å². The second kappa shape index (κ2) is 5.82. The summed E-state index contributed by atoms with van der Waals surface area (Å²) in [4.78, 5) is 0.729. The van der Waals surface area contributed by atoms with Gasteiger partial charge in [-0.3, -0.25) is 0 Å². The number of fused-ring (bicyclic) bond motifs is 2. The Morgan fingerprint density at radius 3 is 2.84 bits per heavy atom. The van der Waals surface area contributed by atoms with Crippen LogP contribution in [0.25, 0.3) is 16.3 Å². The zero-order valence-electron chi connectivity index (χ0n) is 12.8. The summed E-state index contributed by atoms with van der Waals surface area (Å²) in [5.74, 6) is 2.20. The summed E-state index contributed by atoms with van der Waals surface area (Å²) in [5.41, 5.74) is 0.949. The molecule has 0 amide bonds. The number of hydrogen-bond donors (Lipinski definition) is 0. The highest BCUT2D eigenvalue weighted by Gasteiger charge is 2.27. The van der Waals surface area contributed by atoms with E-state index in [4.69, 9.17) is 9.47 Å². The summed E-state index contributed by atoms with van der Waals surface area (Å²) in [6.07, 6.45) is -0.253. The van der Waals surface area contributed by atoms with Crippen molar-refractivity contribution in [2.24, 2.45) is 0 Å². The Hall–Kier alpha value is -2.45. The minimum absolute atomic E-state index is 0.253. The third-order valence-corrected chi connectivity index (χ3v) is 5.36. The van der Waals surface area contributed by atoms with Gasteiger partial charge in [0, 0.05) is 10.0 Å². The molecular formula is C17H11BrN4O2S. The second-order valence-electron chi connectivity index (χ2n) is 5.53. The normalized spacial score (nSPS) is 16.3. The Balaban J connectivity index is 1.52. The van der Waals surface area contributed by atoms with Gasteiger partial charge in [0.1, 0.15) is 6.61 Å². The first kappa shape index (κ1) is 14.9. The van der Waals surface area contributed by atoms with Gasteiger partial charge in [-0.2, -0.15) is 9.61 Å². The molecule has 0 spiro atoms. The average Bonchev–Trinajstić information content (AvgIpc) is 3.22. The first-order valence-corrected chi connectivity index (χ1v) is 9.25. The molecular weight excluding hydrogens is 404 g/mol. The van der Waals surface area contributed by atoms with Crippen molar-refractivity contribution < 1.29 is 9.47 Å². The van der Waals surface area contributed by atoms with E-state index in [0.29, 0.717) is 12.4 Å². The Morgan fingerprint density at radius 2 is 1.96 bits per heavy atom. The zero-order valence-corrected chi connectivity index (χ0v) is 15.2. The first-order valence-electron chi connectivity index (χ1n) is 7.64. The largest absolute Gasteiger partial charge is 0.485 e. The van der Waals surface area contributed by atoms with Crippen LogP contribution in [0.2, 0.25) is 0 Å². The predicted octanol–water partition coefficient (Wildman–Crippen LogP) is 4.13. The number of nitrogens with zero attached hydrogens (tertiary/aromatic N) is 4. The van der Waals surface area contributed by atoms with Crippen molar-refractivity contribution in [1.29, 1.82) is 0 Å². The average molecular weight is 415 g/mol. The van der Waals surface area contributed by atoms with E-state index in [0.717, 1.165) is 31.5 Å². The lowest BCUT2D eigenvalue weighted by Gasteiger charge is -2.24. The summed E-state index contributed by atoms with van der Waals surface area (Å²) in [6.45, 7) is 0.424. The standard InChI is InChI=1S/C17H11BrN4O2S/c18-11-5-3-4-10(8-11)15-19-20-17-22(15)21-16(25-17)14-9-23-12-6-1-2-7-13(12)24-14/h1-8,14H,9H2/t14-/m1/s1. The molecule has 5 rings (SSSR count). The van der Waals surface area contributed by atoms with Crippen LogP contribution in [-0.2, 0) is 0 Å². The van der Waals surface area contributed by atoms with E-state index in [1.807, 2.05) is 48.5 Å². The first-order chi connectivity index (χ1) is 12.3. The maximum atomic E-state index is 6.04. The fraction of sp³-hybridized carbons (Fsp3) is 0.118. The Morgan fingerprint density at radius 1 is 1.08 bits per heavy atom. The molecule has 0 bridgehead atoms. The van der Waals surface area contributed by atoms with Gasteiger partial charge >= 0.3 is 0 Å². The van der Waals surface area contributed by atoms with Gasteiger partial charge in [0.25, 0.3) is 0 Å². The number of rotatable bonds is 2. The van der Waals surface area contributed by atoms with Crippen molar-refractivity contribution in [2.45, 2.75) is 6.10 Å². The van der Waals surface area contributed by atoms with Crippen molar-refractivity contribution in [1.82, 2.24) is 19.8 Å². The lowest BCUT2D eigenvalue weighted by Crippen LogP contribution is -2.21. The monoisotopic (exact) mass is 414 g/mol. The lowest BCUT2D eigenvalue weighted by molar-refractivity contribution is 0.0904. The zero-order chi connectivity index (χ0) is 16.8. The van der Waals surface area contributed by atoms with Gasteiger partial charge in [-0.15, -0.1) is 10.2 Å². The summed E-state index contributed by atoms with van der Waals surface area (Å²) < 4.78 is 14.6. The van der Waals surface area contributed by atoms with Crippen LogP contribution < -0.4 is 9.47 Å². The third kappa shape index (κ3) is 2.58. The summed E-state index contributed by atoms with van der Waals surface area (Å²) in [6, 6.07) is 15.6. The molecule has 0 aliphatic carbocycles. The molecule has 1 aliphatic heterocycles. The van der Waals surface area contributed by atoms with E-state index in [1.54, 1.807) is 4.52 Å². The molecule has 0 saturated carbocycles. The van der Waals surface area contributed by atoms with Crippen molar-refractivity contribution in [2.75, 3.05) is 6.61 Å². The molecule has 8 heteroatoms. The summed E-state index contributed by atoms with van der Waals surface area (Å²) in [7, 11) is 0. The van der Waals surface area contributed by atoms with E-state index in [-0.39, 0.29) is 6.10 Å². The number of hydrogen-bond acceptors (Lipinski definition) is 6. The molecule has 6 nitrogen and oxygen atoms in total. The maximum Gasteiger partial charge on any atom is 0.235 e. The highest BCUT2D eigenvalue weighted by atomic mass is 79.9. The molecule has 2 aromatic heterocycles. The fourth-order valence-corrected chi connectivity index (χ4v) is 3.96. The van der Waals surface area contributed by atoms with E-state index in [2.05, 4.69) is 31.2 Å². The van der Waals surface area contributed by atoms with Gasteiger partial charge < -0.3 is 9.47 Å². The molecule has 0 saturated heterocycles. The van der Waals surface area contributed by atoms with Crippen LogP contribution in [0.5, 0.6) is 11.5 Å². The topological polar surface area (TPSA) is 61.5 Å². The number of halogens is 1. The SMILES string of the molecule is Brc1cccc(-c2nnc3sc([C@H]4COc5ccccc5O4)nn23)c1. The Bertz CT molecular complexity index is 1080. The second-order valence-corrected chi connectivity index (χ2v) is 7.44. The fourth-order valence-electron chi connectivity index (χ4n) is 2.71. The van der Waals surface area contributed by atoms with Crippen LogP contribution in [0.3, 0.4) is 0 Å². The van der Waals surface area contributed by atoms with Crippen molar-refractivity contribution in [3.05, 3.63) is 58.0 Å². The number of aromatic nitrogens is 4. The highest BCUT2D eigenvalue weighted by Crippen LogP contribution is 2.37. The number of para-hydroxylation sites is 2. The van der Waals surface area contributed by atoms with Crippen LogP contribution in [0.1, 0.15) is 11.1 Å². The van der Waals surface area contributed by atoms with Gasteiger partial charge in [-0.05, 0) is 24.3 Å². The molecule has 2 aromatic carbocycles. The van der Waals surface area contributed by atoms with Crippen LogP contribution in [-0.4, -0.2) is 26.4 Å². The third-order valence-electron chi connectivity index (χ3n) is 3.87. The number of ether oxygens (including phenoxy) is 2. The highest BCUT2D eigenvalue weighted by molar-refractivity contribution is 9.10. The molecule has 124 valence electrons. The molecule has 1 atom stereocenters. The lowest BCUT2D eigenvalue weighted by atomic mass is 10.2.